The Hall–Kier alpha value is -3.12. The van der Waals surface area contributed by atoms with Gasteiger partial charge in [-0.3, -0.25) is 4.90 Å². The third-order valence-electron chi connectivity index (χ3n) is 4.52. The van der Waals surface area contributed by atoms with E-state index >= 15 is 0 Å². The molecule has 0 N–H and O–H groups in total. The lowest BCUT2D eigenvalue weighted by Crippen LogP contribution is -2.24. The number of nitrogens with zero attached hydrogens (tertiary/aromatic N) is 2. The van der Waals surface area contributed by atoms with Crippen LogP contribution >= 0.6 is 0 Å². The SMILES string of the molecule is COc1ccc(N(/C(C)=N/S(=O)(=O)c2ccc(C)cc2)c2ccc(C)cc2)cc1. The molecule has 0 amide bonds. The molecule has 3 aromatic carbocycles. The summed E-state index contributed by atoms with van der Waals surface area (Å²) in [6, 6.07) is 21.9. The average molecular weight is 409 g/mol. The predicted octanol–water partition coefficient (Wildman–Crippen LogP) is 5.26. The lowest BCUT2D eigenvalue weighted by molar-refractivity contribution is 0.415. The monoisotopic (exact) mass is 408 g/mol. The summed E-state index contributed by atoms with van der Waals surface area (Å²) in [6.07, 6.45) is 0. The zero-order valence-corrected chi connectivity index (χ0v) is 17.8. The zero-order chi connectivity index (χ0) is 21.0. The van der Waals surface area contributed by atoms with E-state index in [1.807, 2.05) is 67.3 Å². The Morgan fingerprint density at radius 2 is 1.24 bits per heavy atom. The summed E-state index contributed by atoms with van der Waals surface area (Å²) in [7, 11) is -2.23. The van der Waals surface area contributed by atoms with Crippen molar-refractivity contribution in [3.8, 4) is 5.75 Å². The topological polar surface area (TPSA) is 59.0 Å². The number of hydrogen-bond acceptors (Lipinski definition) is 3. The molecule has 5 nitrogen and oxygen atoms in total. The Kier molecular flexibility index (Phi) is 6.03. The van der Waals surface area contributed by atoms with Crippen molar-refractivity contribution in [1.82, 2.24) is 0 Å². The lowest BCUT2D eigenvalue weighted by atomic mass is 10.2. The van der Waals surface area contributed by atoms with E-state index in [2.05, 4.69) is 4.40 Å². The molecule has 0 heterocycles. The maximum atomic E-state index is 12.8. The van der Waals surface area contributed by atoms with Crippen LogP contribution in [0.15, 0.2) is 82.1 Å². The van der Waals surface area contributed by atoms with Crippen LogP contribution in [-0.2, 0) is 10.0 Å². The molecule has 0 aliphatic heterocycles. The molecule has 3 aromatic rings. The van der Waals surface area contributed by atoms with Crippen LogP contribution in [-0.4, -0.2) is 21.4 Å². The second kappa shape index (κ2) is 8.49. The summed E-state index contributed by atoms with van der Waals surface area (Å²) in [6.45, 7) is 5.61. The van der Waals surface area contributed by atoms with E-state index in [1.165, 1.54) is 0 Å². The maximum absolute atomic E-state index is 12.8. The average Bonchev–Trinajstić information content (AvgIpc) is 2.70. The highest BCUT2D eigenvalue weighted by Crippen LogP contribution is 2.29. The van der Waals surface area contributed by atoms with Gasteiger partial charge in [-0.05, 0) is 69.3 Å². The van der Waals surface area contributed by atoms with Crippen LogP contribution in [0.5, 0.6) is 5.75 Å². The minimum Gasteiger partial charge on any atom is -0.497 e. The molecule has 0 atom stereocenters. The summed E-state index contributed by atoms with van der Waals surface area (Å²) in [4.78, 5) is 1.98. The molecule has 0 fully saturated rings. The fourth-order valence-electron chi connectivity index (χ4n) is 2.93. The minimum atomic E-state index is -3.84. The van der Waals surface area contributed by atoms with Crippen molar-refractivity contribution in [2.24, 2.45) is 4.40 Å². The standard InChI is InChI=1S/C23H24N2O3S/c1-17-5-9-20(10-6-17)25(21-11-13-22(28-4)14-12-21)19(3)24-29(26,27)23-15-7-18(2)8-16-23/h5-16H,1-4H3/b24-19+. The van der Waals surface area contributed by atoms with Crippen molar-refractivity contribution in [3.63, 3.8) is 0 Å². The number of benzene rings is 3. The molecule has 0 unspecified atom stereocenters. The number of amidine groups is 1. The number of rotatable bonds is 5. The van der Waals surface area contributed by atoms with Crippen LogP contribution in [0.25, 0.3) is 0 Å². The van der Waals surface area contributed by atoms with Gasteiger partial charge in [0, 0.05) is 11.4 Å². The van der Waals surface area contributed by atoms with Gasteiger partial charge in [-0.15, -0.1) is 4.40 Å². The Labute approximate surface area is 172 Å². The number of methoxy groups -OCH3 is 1. The van der Waals surface area contributed by atoms with Gasteiger partial charge in [0.05, 0.1) is 12.0 Å². The van der Waals surface area contributed by atoms with E-state index in [9.17, 15) is 8.42 Å². The van der Waals surface area contributed by atoms with Crippen LogP contribution in [0, 0.1) is 13.8 Å². The molecule has 0 radical (unpaired) electrons. The highest BCUT2D eigenvalue weighted by molar-refractivity contribution is 7.90. The van der Waals surface area contributed by atoms with Gasteiger partial charge in [-0.25, -0.2) is 0 Å². The van der Waals surface area contributed by atoms with Crippen LogP contribution < -0.4 is 9.64 Å². The molecular weight excluding hydrogens is 384 g/mol. The van der Waals surface area contributed by atoms with Gasteiger partial charge in [0.2, 0.25) is 0 Å². The van der Waals surface area contributed by atoms with Crippen LogP contribution in [0.4, 0.5) is 11.4 Å². The van der Waals surface area contributed by atoms with Crippen molar-refractivity contribution in [3.05, 3.63) is 83.9 Å². The van der Waals surface area contributed by atoms with Gasteiger partial charge in [0.25, 0.3) is 10.0 Å². The quantitative estimate of drug-likeness (QED) is 0.427. The minimum absolute atomic E-state index is 0.168. The highest BCUT2D eigenvalue weighted by Gasteiger charge is 2.18. The van der Waals surface area contributed by atoms with Crippen LogP contribution in [0.3, 0.4) is 0 Å². The predicted molar refractivity (Wildman–Crippen MR) is 118 cm³/mol. The molecule has 0 bridgehead atoms. The van der Waals surface area contributed by atoms with Gasteiger partial charge in [0.1, 0.15) is 11.6 Å². The Morgan fingerprint density at radius 3 is 1.72 bits per heavy atom. The number of sulfonamides is 1. The number of aryl methyl sites for hydroxylation is 2. The second-order valence-corrected chi connectivity index (χ2v) is 8.40. The van der Waals surface area contributed by atoms with Crippen molar-refractivity contribution in [1.29, 1.82) is 0 Å². The number of hydrogen-bond donors (Lipinski definition) is 0. The molecule has 6 heteroatoms. The highest BCUT2D eigenvalue weighted by atomic mass is 32.2. The summed E-state index contributed by atoms with van der Waals surface area (Å²) >= 11 is 0. The van der Waals surface area contributed by atoms with E-state index in [4.69, 9.17) is 4.74 Å². The fraction of sp³-hybridized carbons (Fsp3) is 0.174. The van der Waals surface area contributed by atoms with Gasteiger partial charge in [0.15, 0.2) is 0 Å². The largest absolute Gasteiger partial charge is 0.497 e. The zero-order valence-electron chi connectivity index (χ0n) is 17.0. The van der Waals surface area contributed by atoms with E-state index in [0.29, 0.717) is 5.84 Å². The summed E-state index contributed by atoms with van der Waals surface area (Å²) in [5.41, 5.74) is 3.71. The molecule has 0 aliphatic rings. The first kappa shape index (κ1) is 20.6. The molecule has 3 rings (SSSR count). The van der Waals surface area contributed by atoms with Gasteiger partial charge in [-0.1, -0.05) is 35.4 Å². The van der Waals surface area contributed by atoms with E-state index in [1.54, 1.807) is 38.3 Å². The van der Waals surface area contributed by atoms with Gasteiger partial charge >= 0.3 is 0 Å². The van der Waals surface area contributed by atoms with E-state index in [0.717, 1.165) is 28.3 Å². The van der Waals surface area contributed by atoms with Crippen LogP contribution in [0.1, 0.15) is 18.1 Å². The molecule has 150 valence electrons. The summed E-state index contributed by atoms with van der Waals surface area (Å²) < 4.78 is 35.0. The number of ether oxygens (including phenoxy) is 1. The van der Waals surface area contributed by atoms with Crippen molar-refractivity contribution < 1.29 is 13.2 Å². The Bertz CT molecular complexity index is 1100. The maximum Gasteiger partial charge on any atom is 0.283 e. The lowest BCUT2D eigenvalue weighted by Gasteiger charge is -2.25. The molecule has 0 aliphatic carbocycles. The van der Waals surface area contributed by atoms with Crippen molar-refractivity contribution in [2.75, 3.05) is 12.0 Å². The smallest absolute Gasteiger partial charge is 0.283 e. The Balaban J connectivity index is 2.07. The third-order valence-corrected chi connectivity index (χ3v) is 5.89. The summed E-state index contributed by atoms with van der Waals surface area (Å²) in [5, 5.41) is 0. The van der Waals surface area contributed by atoms with Gasteiger partial charge in [-0.2, -0.15) is 8.42 Å². The molecule has 29 heavy (non-hydrogen) atoms. The first-order valence-electron chi connectivity index (χ1n) is 9.19. The second-order valence-electron chi connectivity index (χ2n) is 6.80. The first-order valence-corrected chi connectivity index (χ1v) is 10.6. The normalized spacial score (nSPS) is 11.9. The van der Waals surface area contributed by atoms with Gasteiger partial charge < -0.3 is 4.74 Å². The number of anilines is 2. The van der Waals surface area contributed by atoms with E-state index < -0.39 is 10.0 Å². The molecule has 0 saturated heterocycles. The third kappa shape index (κ3) is 4.84. The molecule has 0 spiro atoms. The summed E-state index contributed by atoms with van der Waals surface area (Å²) in [5.74, 6) is 1.07. The molecule has 0 aromatic heterocycles. The van der Waals surface area contributed by atoms with Crippen LogP contribution in [0.2, 0.25) is 0 Å². The van der Waals surface area contributed by atoms with E-state index in [-0.39, 0.29) is 4.90 Å². The molecular formula is C23H24N2O3S. The first-order chi connectivity index (χ1) is 13.8. The van der Waals surface area contributed by atoms with Crippen molar-refractivity contribution in [2.45, 2.75) is 25.7 Å². The fourth-order valence-corrected chi connectivity index (χ4v) is 3.94. The molecule has 0 saturated carbocycles. The van der Waals surface area contributed by atoms with Crippen molar-refractivity contribution >= 4 is 27.2 Å². The Morgan fingerprint density at radius 1 is 0.793 bits per heavy atom.